The minimum absolute atomic E-state index is 0.0635. The van der Waals surface area contributed by atoms with Gasteiger partial charge >= 0.3 is 0 Å². The summed E-state index contributed by atoms with van der Waals surface area (Å²) < 4.78 is 22.4. The highest BCUT2D eigenvalue weighted by Gasteiger charge is 2.38. The van der Waals surface area contributed by atoms with Crippen molar-refractivity contribution in [2.75, 3.05) is 26.1 Å². The third-order valence-corrected chi connectivity index (χ3v) is 5.61. The molecule has 5 heteroatoms. The summed E-state index contributed by atoms with van der Waals surface area (Å²) in [5, 5.41) is 0. The summed E-state index contributed by atoms with van der Waals surface area (Å²) in [4.78, 5) is 2.28. The number of hydrogen-bond donors (Lipinski definition) is 1. The zero-order valence-corrected chi connectivity index (χ0v) is 13.5. The zero-order valence-electron chi connectivity index (χ0n) is 12.7. The van der Waals surface area contributed by atoms with Crippen LogP contribution in [0.15, 0.2) is 0 Å². The summed E-state index contributed by atoms with van der Waals surface area (Å²) in [6.07, 6.45) is 10.1. The Morgan fingerprint density at radius 1 is 1.16 bits per heavy atom. The number of likely N-dealkylation sites (N-methyl/N-ethyl adjacent to an activating group) is 1. The summed E-state index contributed by atoms with van der Waals surface area (Å²) in [5.74, 6) is 0.254. The minimum Gasteiger partial charge on any atom is -0.326 e. The number of nitrogens with zero attached hydrogens (tertiary/aromatic N) is 1. The van der Waals surface area contributed by atoms with Gasteiger partial charge in [0.1, 0.15) is 9.84 Å². The first-order valence-corrected chi connectivity index (χ1v) is 9.45. The second-order valence-corrected chi connectivity index (χ2v) is 8.55. The Hall–Kier alpha value is -0.130. The summed E-state index contributed by atoms with van der Waals surface area (Å²) in [5.41, 5.74) is 6.51. The van der Waals surface area contributed by atoms with Gasteiger partial charge in [-0.1, -0.05) is 25.7 Å². The van der Waals surface area contributed by atoms with Gasteiger partial charge in [-0.15, -0.1) is 0 Å². The molecule has 0 spiro atoms. The van der Waals surface area contributed by atoms with Crippen molar-refractivity contribution in [3.05, 3.63) is 0 Å². The van der Waals surface area contributed by atoms with Gasteiger partial charge in [0.25, 0.3) is 0 Å². The molecule has 0 radical (unpaired) electrons. The second kappa shape index (κ2) is 7.04. The third kappa shape index (κ3) is 5.04. The highest BCUT2D eigenvalue weighted by Crippen LogP contribution is 2.34. The Morgan fingerprint density at radius 3 is 2.11 bits per heavy atom. The van der Waals surface area contributed by atoms with Crippen molar-refractivity contribution in [2.24, 2.45) is 5.73 Å². The Bertz CT molecular complexity index is 358. The molecule has 0 saturated heterocycles. The average molecular weight is 290 g/mol. The van der Waals surface area contributed by atoms with Crippen LogP contribution in [0, 0.1) is 0 Å². The van der Waals surface area contributed by atoms with Gasteiger partial charge in [-0.05, 0) is 39.8 Å². The van der Waals surface area contributed by atoms with Crippen LogP contribution in [-0.4, -0.2) is 51.0 Å². The van der Waals surface area contributed by atoms with Crippen molar-refractivity contribution in [1.29, 1.82) is 0 Å². The number of nitrogens with two attached hydrogens (primary N) is 1. The Labute approximate surface area is 118 Å². The third-order valence-electron chi connectivity index (χ3n) is 4.58. The monoisotopic (exact) mass is 290 g/mol. The number of hydrogen-bond acceptors (Lipinski definition) is 4. The van der Waals surface area contributed by atoms with Gasteiger partial charge in [0.15, 0.2) is 0 Å². The van der Waals surface area contributed by atoms with Gasteiger partial charge in [-0.2, -0.15) is 0 Å². The van der Waals surface area contributed by atoms with Crippen LogP contribution in [0.3, 0.4) is 0 Å². The Balaban J connectivity index is 2.64. The Morgan fingerprint density at radius 2 is 1.68 bits per heavy atom. The lowest BCUT2D eigenvalue weighted by molar-refractivity contribution is 0.0930. The van der Waals surface area contributed by atoms with Crippen LogP contribution < -0.4 is 5.73 Å². The van der Waals surface area contributed by atoms with E-state index in [2.05, 4.69) is 19.0 Å². The van der Waals surface area contributed by atoms with Crippen LogP contribution in [0.1, 0.15) is 51.4 Å². The predicted molar refractivity (Wildman–Crippen MR) is 81.0 cm³/mol. The molecule has 0 aromatic rings. The van der Waals surface area contributed by atoms with Crippen LogP contribution in [0.4, 0.5) is 0 Å². The van der Waals surface area contributed by atoms with Crippen molar-refractivity contribution in [3.63, 3.8) is 0 Å². The van der Waals surface area contributed by atoms with E-state index in [1.807, 2.05) is 0 Å². The van der Waals surface area contributed by atoms with Crippen LogP contribution in [0.25, 0.3) is 0 Å². The lowest BCUT2D eigenvalue weighted by Gasteiger charge is -2.44. The van der Waals surface area contributed by atoms with E-state index >= 15 is 0 Å². The molecule has 1 fully saturated rings. The average Bonchev–Trinajstić information content (AvgIpc) is 2.53. The van der Waals surface area contributed by atoms with Crippen molar-refractivity contribution in [3.8, 4) is 0 Å². The smallest absolute Gasteiger partial charge is 0.147 e. The molecule has 1 rings (SSSR count). The van der Waals surface area contributed by atoms with Crippen LogP contribution in [-0.2, 0) is 9.84 Å². The molecule has 2 N–H and O–H groups in total. The summed E-state index contributed by atoms with van der Waals surface area (Å²) in [7, 11) is 1.36. The number of rotatable bonds is 6. The predicted octanol–water partition coefficient (Wildman–Crippen LogP) is 1.79. The maximum Gasteiger partial charge on any atom is 0.147 e. The van der Waals surface area contributed by atoms with Crippen molar-refractivity contribution in [2.45, 2.75) is 62.9 Å². The quantitative estimate of drug-likeness (QED) is 0.758. The summed E-state index contributed by atoms with van der Waals surface area (Å²) in [6, 6.07) is 0.0716. The van der Waals surface area contributed by atoms with Crippen molar-refractivity contribution < 1.29 is 8.42 Å². The van der Waals surface area contributed by atoms with Gasteiger partial charge in [-0.25, -0.2) is 8.42 Å². The molecule has 4 nitrogen and oxygen atoms in total. The topological polar surface area (TPSA) is 63.4 Å². The van der Waals surface area contributed by atoms with Gasteiger partial charge in [-0.3, -0.25) is 0 Å². The molecule has 114 valence electrons. The van der Waals surface area contributed by atoms with E-state index in [1.54, 1.807) is 0 Å². The van der Waals surface area contributed by atoms with Gasteiger partial charge < -0.3 is 10.6 Å². The zero-order chi connectivity index (χ0) is 14.5. The van der Waals surface area contributed by atoms with E-state index in [1.165, 1.54) is 31.9 Å². The normalized spacial score (nSPS) is 22.2. The lowest BCUT2D eigenvalue weighted by Crippen LogP contribution is -2.57. The van der Waals surface area contributed by atoms with Gasteiger partial charge in [0.2, 0.25) is 0 Å². The minimum atomic E-state index is -2.87. The molecule has 0 aromatic carbocycles. The molecule has 0 amide bonds. The lowest BCUT2D eigenvalue weighted by atomic mass is 9.80. The first-order chi connectivity index (χ1) is 8.78. The van der Waals surface area contributed by atoms with E-state index in [9.17, 15) is 8.42 Å². The molecule has 0 aliphatic heterocycles. The fourth-order valence-electron chi connectivity index (χ4n) is 3.32. The first kappa shape index (κ1) is 16.9. The van der Waals surface area contributed by atoms with Gasteiger partial charge in [0, 0.05) is 23.6 Å². The molecule has 0 bridgehead atoms. The van der Waals surface area contributed by atoms with Crippen LogP contribution in [0.5, 0.6) is 0 Å². The number of sulfone groups is 1. The fourth-order valence-corrected chi connectivity index (χ4v) is 4.02. The molecular weight excluding hydrogens is 260 g/mol. The van der Waals surface area contributed by atoms with Crippen molar-refractivity contribution >= 4 is 9.84 Å². The SMILES string of the molecule is CN(C)C1(C(N)CCCS(C)(=O)=O)CCCCCC1. The molecule has 0 heterocycles. The van der Waals surface area contributed by atoms with E-state index in [4.69, 9.17) is 5.73 Å². The largest absolute Gasteiger partial charge is 0.326 e. The molecule has 1 atom stereocenters. The Kier molecular flexibility index (Phi) is 6.27. The maximum absolute atomic E-state index is 11.2. The van der Waals surface area contributed by atoms with E-state index in [0.29, 0.717) is 6.42 Å². The molecule has 0 aromatic heterocycles. The molecule has 19 heavy (non-hydrogen) atoms. The first-order valence-electron chi connectivity index (χ1n) is 7.39. The van der Waals surface area contributed by atoms with Crippen LogP contribution in [0.2, 0.25) is 0 Å². The van der Waals surface area contributed by atoms with Gasteiger partial charge in [0.05, 0.1) is 0 Å². The van der Waals surface area contributed by atoms with E-state index in [0.717, 1.165) is 19.3 Å². The molecule has 1 saturated carbocycles. The molecule has 1 aliphatic carbocycles. The second-order valence-electron chi connectivity index (χ2n) is 6.29. The summed E-state index contributed by atoms with van der Waals surface area (Å²) in [6.45, 7) is 0. The summed E-state index contributed by atoms with van der Waals surface area (Å²) >= 11 is 0. The van der Waals surface area contributed by atoms with E-state index < -0.39 is 9.84 Å². The highest BCUT2D eigenvalue weighted by atomic mass is 32.2. The molecule has 1 aliphatic rings. The van der Waals surface area contributed by atoms with E-state index in [-0.39, 0.29) is 17.3 Å². The highest BCUT2D eigenvalue weighted by molar-refractivity contribution is 7.90. The maximum atomic E-state index is 11.2. The standard InChI is InChI=1S/C14H30N2O2S/c1-16(2)14(10-6-4-5-7-11-14)13(15)9-8-12-19(3,17)18/h13H,4-12,15H2,1-3H3. The molecular formula is C14H30N2O2S. The fraction of sp³-hybridized carbons (Fsp3) is 1.00. The molecule has 1 unspecified atom stereocenters. The van der Waals surface area contributed by atoms with Crippen molar-refractivity contribution in [1.82, 2.24) is 4.90 Å². The van der Waals surface area contributed by atoms with Crippen LogP contribution >= 0.6 is 0 Å².